The van der Waals surface area contributed by atoms with Crippen LogP contribution in [0.2, 0.25) is 5.02 Å². The Hall–Kier alpha value is -2.67. The summed E-state index contributed by atoms with van der Waals surface area (Å²) >= 11 is 5.88. The standard InChI is InChI=1S/C23H22ClNO4S/c1-2-21(23(26)27)16-8-10-18(11-9-16)22(17-6-4-3-5-7-17)25-30(28,29)20-14-12-19(24)13-15-20/h3-15,21-22,25H,2H2,1H3,(H,26,27). The maximum Gasteiger partial charge on any atom is 0.310 e. The van der Waals surface area contributed by atoms with Gasteiger partial charge in [-0.25, -0.2) is 8.42 Å². The molecule has 7 heteroatoms. The minimum absolute atomic E-state index is 0.112. The lowest BCUT2D eigenvalue weighted by Gasteiger charge is -2.21. The van der Waals surface area contributed by atoms with Gasteiger partial charge in [-0.2, -0.15) is 4.72 Å². The molecule has 2 unspecified atom stereocenters. The van der Waals surface area contributed by atoms with Gasteiger partial charge in [0.1, 0.15) is 0 Å². The number of carboxylic acid groups (broad SMARTS) is 1. The van der Waals surface area contributed by atoms with E-state index in [1.165, 1.54) is 24.3 Å². The molecule has 3 rings (SSSR count). The monoisotopic (exact) mass is 443 g/mol. The van der Waals surface area contributed by atoms with Crippen LogP contribution in [0.1, 0.15) is 42.0 Å². The van der Waals surface area contributed by atoms with E-state index in [4.69, 9.17) is 11.6 Å². The van der Waals surface area contributed by atoms with Crippen molar-refractivity contribution in [2.24, 2.45) is 0 Å². The summed E-state index contributed by atoms with van der Waals surface area (Å²) in [6.45, 7) is 1.82. The second kappa shape index (κ2) is 9.43. The van der Waals surface area contributed by atoms with Gasteiger partial charge in [0, 0.05) is 5.02 Å². The molecule has 0 bridgehead atoms. The van der Waals surface area contributed by atoms with Gasteiger partial charge in [-0.1, -0.05) is 73.1 Å². The summed E-state index contributed by atoms with van der Waals surface area (Å²) in [4.78, 5) is 11.6. The summed E-state index contributed by atoms with van der Waals surface area (Å²) in [6.07, 6.45) is 0.472. The van der Waals surface area contributed by atoms with E-state index in [0.29, 0.717) is 22.6 Å². The average molecular weight is 444 g/mol. The third-order valence-electron chi connectivity index (χ3n) is 4.91. The fourth-order valence-electron chi connectivity index (χ4n) is 3.28. The summed E-state index contributed by atoms with van der Waals surface area (Å²) in [7, 11) is -3.82. The lowest BCUT2D eigenvalue weighted by atomic mass is 9.93. The first kappa shape index (κ1) is 22.0. The maximum atomic E-state index is 13.0. The van der Waals surface area contributed by atoms with Crippen LogP contribution in [-0.4, -0.2) is 19.5 Å². The third kappa shape index (κ3) is 5.08. The highest BCUT2D eigenvalue weighted by molar-refractivity contribution is 7.89. The summed E-state index contributed by atoms with van der Waals surface area (Å²) < 4.78 is 28.7. The van der Waals surface area contributed by atoms with Crippen molar-refractivity contribution in [3.05, 3.63) is 101 Å². The average Bonchev–Trinajstić information content (AvgIpc) is 2.74. The molecule has 30 heavy (non-hydrogen) atoms. The van der Waals surface area contributed by atoms with Crippen LogP contribution in [0.15, 0.2) is 83.8 Å². The SMILES string of the molecule is CCC(C(=O)O)c1ccc(C(NS(=O)(=O)c2ccc(Cl)cc2)c2ccccc2)cc1. The number of nitrogens with one attached hydrogen (secondary N) is 1. The zero-order valence-corrected chi connectivity index (χ0v) is 17.9. The van der Waals surface area contributed by atoms with Crippen LogP contribution in [0.25, 0.3) is 0 Å². The molecule has 156 valence electrons. The minimum atomic E-state index is -3.82. The molecule has 2 N–H and O–H groups in total. The molecule has 0 aliphatic rings. The highest BCUT2D eigenvalue weighted by Crippen LogP contribution is 2.27. The van der Waals surface area contributed by atoms with Crippen molar-refractivity contribution in [3.8, 4) is 0 Å². The van der Waals surface area contributed by atoms with E-state index in [9.17, 15) is 18.3 Å². The Bertz CT molecular complexity index is 1100. The zero-order valence-electron chi connectivity index (χ0n) is 16.3. The molecule has 2 atom stereocenters. The molecule has 3 aromatic rings. The molecule has 0 aliphatic heterocycles. The molecule has 0 amide bonds. The topological polar surface area (TPSA) is 83.5 Å². The first-order chi connectivity index (χ1) is 14.3. The molecule has 3 aromatic carbocycles. The Morgan fingerprint density at radius 3 is 1.97 bits per heavy atom. The molecule has 0 spiro atoms. The van der Waals surface area contributed by atoms with Gasteiger partial charge >= 0.3 is 5.97 Å². The Labute approximate surface area is 181 Å². The van der Waals surface area contributed by atoms with E-state index >= 15 is 0 Å². The van der Waals surface area contributed by atoms with Crippen molar-refractivity contribution in [1.29, 1.82) is 0 Å². The van der Waals surface area contributed by atoms with Crippen molar-refractivity contribution in [2.75, 3.05) is 0 Å². The molecule has 0 aromatic heterocycles. The van der Waals surface area contributed by atoms with Gasteiger partial charge in [0.25, 0.3) is 0 Å². The van der Waals surface area contributed by atoms with Gasteiger partial charge in [-0.05, 0) is 47.4 Å². The fraction of sp³-hybridized carbons (Fsp3) is 0.174. The number of benzene rings is 3. The molecule has 0 saturated carbocycles. The lowest BCUT2D eigenvalue weighted by Crippen LogP contribution is -2.29. The Morgan fingerprint density at radius 1 is 0.900 bits per heavy atom. The number of sulfonamides is 1. The minimum Gasteiger partial charge on any atom is -0.481 e. The number of hydrogen-bond acceptors (Lipinski definition) is 3. The second-order valence-electron chi connectivity index (χ2n) is 6.88. The van der Waals surface area contributed by atoms with Gasteiger partial charge in [0.15, 0.2) is 0 Å². The summed E-state index contributed by atoms with van der Waals surface area (Å²) in [5, 5.41) is 9.83. The quantitative estimate of drug-likeness (QED) is 0.514. The van der Waals surface area contributed by atoms with E-state index in [2.05, 4.69) is 4.72 Å². The predicted molar refractivity (Wildman–Crippen MR) is 117 cm³/mol. The Morgan fingerprint density at radius 2 is 1.43 bits per heavy atom. The number of halogens is 1. The van der Waals surface area contributed by atoms with Crippen molar-refractivity contribution >= 4 is 27.6 Å². The summed E-state index contributed by atoms with van der Waals surface area (Å²) in [6, 6.07) is 21.6. The van der Waals surface area contributed by atoms with Crippen LogP contribution < -0.4 is 4.72 Å². The molecule has 0 saturated heterocycles. The molecule has 5 nitrogen and oxygen atoms in total. The van der Waals surface area contributed by atoms with Gasteiger partial charge in [-0.3, -0.25) is 4.79 Å². The van der Waals surface area contributed by atoms with Crippen molar-refractivity contribution in [3.63, 3.8) is 0 Å². The predicted octanol–water partition coefficient (Wildman–Crippen LogP) is 4.99. The largest absolute Gasteiger partial charge is 0.481 e. The molecule has 0 heterocycles. The number of carbonyl (C=O) groups is 1. The van der Waals surface area contributed by atoms with Crippen molar-refractivity contribution < 1.29 is 18.3 Å². The van der Waals surface area contributed by atoms with Crippen molar-refractivity contribution in [2.45, 2.75) is 30.2 Å². The van der Waals surface area contributed by atoms with Crippen molar-refractivity contribution in [1.82, 2.24) is 4.72 Å². The second-order valence-corrected chi connectivity index (χ2v) is 9.04. The summed E-state index contributed by atoms with van der Waals surface area (Å²) in [5.41, 5.74) is 2.16. The van der Waals surface area contributed by atoms with Gasteiger partial charge in [-0.15, -0.1) is 0 Å². The molecular formula is C23H22ClNO4S. The molecule has 0 fully saturated rings. The van der Waals surface area contributed by atoms with E-state index in [1.54, 1.807) is 24.3 Å². The molecular weight excluding hydrogens is 422 g/mol. The smallest absolute Gasteiger partial charge is 0.310 e. The van der Waals surface area contributed by atoms with Gasteiger partial charge in [0.2, 0.25) is 10.0 Å². The summed E-state index contributed by atoms with van der Waals surface area (Å²) in [5.74, 6) is -1.48. The van der Waals surface area contributed by atoms with Crippen LogP contribution in [0.5, 0.6) is 0 Å². The first-order valence-corrected chi connectivity index (χ1v) is 11.3. The molecule has 0 radical (unpaired) electrons. The third-order valence-corrected chi connectivity index (χ3v) is 6.60. The van der Waals surface area contributed by atoms with Crippen LogP contribution >= 0.6 is 11.6 Å². The van der Waals surface area contributed by atoms with Crippen LogP contribution in [0.3, 0.4) is 0 Å². The van der Waals surface area contributed by atoms with E-state index in [0.717, 1.165) is 5.56 Å². The Balaban J connectivity index is 1.98. The number of carboxylic acids is 1. The van der Waals surface area contributed by atoms with Crippen LogP contribution in [0.4, 0.5) is 0 Å². The van der Waals surface area contributed by atoms with Gasteiger partial charge in [0.05, 0.1) is 16.9 Å². The first-order valence-electron chi connectivity index (χ1n) is 9.47. The van der Waals surface area contributed by atoms with E-state index < -0.39 is 28.0 Å². The van der Waals surface area contributed by atoms with E-state index in [-0.39, 0.29) is 4.90 Å². The zero-order chi connectivity index (χ0) is 21.7. The number of hydrogen-bond donors (Lipinski definition) is 2. The fourth-order valence-corrected chi connectivity index (χ4v) is 4.62. The van der Waals surface area contributed by atoms with Crippen LogP contribution in [0, 0.1) is 0 Å². The lowest BCUT2D eigenvalue weighted by molar-refractivity contribution is -0.138. The highest BCUT2D eigenvalue weighted by atomic mass is 35.5. The van der Waals surface area contributed by atoms with Crippen LogP contribution in [-0.2, 0) is 14.8 Å². The normalized spacial score (nSPS) is 13.5. The highest BCUT2D eigenvalue weighted by Gasteiger charge is 2.24. The number of rotatable bonds is 8. The number of aliphatic carboxylic acids is 1. The van der Waals surface area contributed by atoms with Gasteiger partial charge < -0.3 is 5.11 Å². The maximum absolute atomic E-state index is 13.0. The molecule has 0 aliphatic carbocycles. The van der Waals surface area contributed by atoms with E-state index in [1.807, 2.05) is 37.3 Å². The Kier molecular flexibility index (Phi) is 6.92.